The molecule has 2 aromatic rings. The molecule has 2 heterocycles. The van der Waals surface area contributed by atoms with Crippen molar-refractivity contribution in [2.24, 2.45) is 0 Å². The van der Waals surface area contributed by atoms with Gasteiger partial charge < -0.3 is 9.73 Å². The Bertz CT molecular complexity index is 469. The van der Waals surface area contributed by atoms with Crippen molar-refractivity contribution >= 4 is 17.2 Å². The number of rotatable bonds is 3. The maximum atomic E-state index is 11.5. The fourth-order valence-corrected chi connectivity index (χ4v) is 2.14. The number of aryl methyl sites for hydroxylation is 2. The summed E-state index contributed by atoms with van der Waals surface area (Å²) >= 11 is 1.60. The molecule has 2 rings (SSSR count). The summed E-state index contributed by atoms with van der Waals surface area (Å²) in [7, 11) is 0. The highest BCUT2D eigenvalue weighted by molar-refractivity contribution is 7.11. The van der Waals surface area contributed by atoms with Crippen LogP contribution in [-0.2, 0) is 6.54 Å². The Balaban J connectivity index is 1.95. The molecule has 0 atom stereocenters. The predicted octanol–water partition coefficient (Wildman–Crippen LogP) is 2.28. The molecule has 0 aliphatic carbocycles. The van der Waals surface area contributed by atoms with Gasteiger partial charge >= 0.3 is 0 Å². The summed E-state index contributed by atoms with van der Waals surface area (Å²) in [6, 6.07) is 3.32. The first-order valence-corrected chi connectivity index (χ1v) is 5.73. The van der Waals surface area contributed by atoms with Crippen molar-refractivity contribution in [1.29, 1.82) is 0 Å². The molecule has 0 aliphatic rings. The van der Waals surface area contributed by atoms with Gasteiger partial charge in [0.15, 0.2) is 5.76 Å². The Morgan fingerprint density at radius 2 is 2.38 bits per heavy atom. The number of thiazole rings is 1. The molecule has 1 amide bonds. The molecular weight excluding hydrogens is 224 g/mol. The second kappa shape index (κ2) is 4.49. The Labute approximate surface area is 97.3 Å². The van der Waals surface area contributed by atoms with Crippen molar-refractivity contribution in [3.05, 3.63) is 39.7 Å². The van der Waals surface area contributed by atoms with Crippen molar-refractivity contribution in [2.45, 2.75) is 20.4 Å². The molecule has 0 radical (unpaired) electrons. The van der Waals surface area contributed by atoms with E-state index < -0.39 is 0 Å². The minimum absolute atomic E-state index is 0.212. The first-order valence-electron chi connectivity index (χ1n) is 4.91. The van der Waals surface area contributed by atoms with E-state index in [-0.39, 0.29) is 5.91 Å². The smallest absolute Gasteiger partial charge is 0.287 e. The second-order valence-electron chi connectivity index (χ2n) is 3.41. The molecule has 0 saturated carbocycles. The molecule has 0 saturated heterocycles. The topological polar surface area (TPSA) is 55.1 Å². The van der Waals surface area contributed by atoms with Gasteiger partial charge in [-0.15, -0.1) is 11.3 Å². The highest BCUT2D eigenvalue weighted by atomic mass is 32.1. The number of furan rings is 1. The maximum Gasteiger partial charge on any atom is 0.287 e. The van der Waals surface area contributed by atoms with Crippen LogP contribution in [0.3, 0.4) is 0 Å². The molecular formula is C11H12N2O2S. The fraction of sp³-hybridized carbons (Fsp3) is 0.273. The van der Waals surface area contributed by atoms with Crippen LogP contribution in [-0.4, -0.2) is 10.9 Å². The van der Waals surface area contributed by atoms with E-state index in [4.69, 9.17) is 4.42 Å². The summed E-state index contributed by atoms with van der Waals surface area (Å²) < 4.78 is 4.98. The largest absolute Gasteiger partial charge is 0.459 e. The SMILES string of the molecule is Cc1nc(CNC(=O)c2ccco2)sc1C. The number of hydrogen-bond donors (Lipinski definition) is 1. The third-order valence-corrected chi connectivity index (χ3v) is 3.29. The molecule has 4 nitrogen and oxygen atoms in total. The van der Waals surface area contributed by atoms with Gasteiger partial charge in [0.25, 0.3) is 5.91 Å². The molecule has 0 spiro atoms. The van der Waals surface area contributed by atoms with Crippen molar-refractivity contribution in [3.8, 4) is 0 Å². The van der Waals surface area contributed by atoms with Crippen LogP contribution < -0.4 is 5.32 Å². The van der Waals surface area contributed by atoms with Crippen molar-refractivity contribution in [3.63, 3.8) is 0 Å². The molecule has 1 N–H and O–H groups in total. The van der Waals surface area contributed by atoms with Gasteiger partial charge in [0, 0.05) is 4.88 Å². The first-order chi connectivity index (χ1) is 7.66. The number of hydrogen-bond acceptors (Lipinski definition) is 4. The van der Waals surface area contributed by atoms with Crippen molar-refractivity contribution in [2.75, 3.05) is 0 Å². The zero-order valence-corrected chi connectivity index (χ0v) is 9.93. The van der Waals surface area contributed by atoms with Crippen LogP contribution in [0.25, 0.3) is 0 Å². The molecule has 0 unspecified atom stereocenters. The van der Waals surface area contributed by atoms with E-state index in [1.165, 1.54) is 11.1 Å². The van der Waals surface area contributed by atoms with E-state index in [2.05, 4.69) is 10.3 Å². The molecule has 84 valence electrons. The van der Waals surface area contributed by atoms with Crippen molar-refractivity contribution < 1.29 is 9.21 Å². The van der Waals surface area contributed by atoms with Crippen LogP contribution in [0, 0.1) is 13.8 Å². The average molecular weight is 236 g/mol. The van der Waals surface area contributed by atoms with Crippen LogP contribution >= 0.6 is 11.3 Å². The Morgan fingerprint density at radius 1 is 1.56 bits per heavy atom. The van der Waals surface area contributed by atoms with Crippen LogP contribution in [0.1, 0.15) is 26.1 Å². The second-order valence-corrected chi connectivity index (χ2v) is 4.70. The lowest BCUT2D eigenvalue weighted by Crippen LogP contribution is -2.22. The molecule has 16 heavy (non-hydrogen) atoms. The Hall–Kier alpha value is -1.62. The van der Waals surface area contributed by atoms with Crippen LogP contribution in [0.2, 0.25) is 0 Å². The lowest BCUT2D eigenvalue weighted by molar-refractivity contribution is 0.0923. The molecule has 0 bridgehead atoms. The van der Waals surface area contributed by atoms with Gasteiger partial charge in [0.1, 0.15) is 5.01 Å². The molecule has 2 aromatic heterocycles. The van der Waals surface area contributed by atoms with Crippen LogP contribution in [0.4, 0.5) is 0 Å². The number of carbonyl (C=O) groups is 1. The third-order valence-electron chi connectivity index (χ3n) is 2.22. The summed E-state index contributed by atoms with van der Waals surface area (Å²) in [5.41, 5.74) is 1.02. The van der Waals surface area contributed by atoms with E-state index in [9.17, 15) is 4.79 Å². The van der Waals surface area contributed by atoms with E-state index in [1.807, 2.05) is 13.8 Å². The maximum absolute atomic E-state index is 11.5. The highest BCUT2D eigenvalue weighted by Gasteiger charge is 2.09. The summed E-state index contributed by atoms with van der Waals surface area (Å²) in [5.74, 6) is 0.112. The van der Waals surface area contributed by atoms with Gasteiger partial charge in [-0.2, -0.15) is 0 Å². The third kappa shape index (κ3) is 2.30. The number of nitrogens with one attached hydrogen (secondary N) is 1. The van der Waals surface area contributed by atoms with Gasteiger partial charge in [-0.3, -0.25) is 4.79 Å². The quantitative estimate of drug-likeness (QED) is 0.889. The van der Waals surface area contributed by atoms with E-state index >= 15 is 0 Å². The fourth-order valence-electron chi connectivity index (χ4n) is 1.27. The molecule has 0 fully saturated rings. The Kier molecular flexibility index (Phi) is 3.05. The van der Waals surface area contributed by atoms with Gasteiger partial charge in [-0.1, -0.05) is 0 Å². The number of carbonyl (C=O) groups excluding carboxylic acids is 1. The zero-order valence-electron chi connectivity index (χ0n) is 9.11. The summed E-state index contributed by atoms with van der Waals surface area (Å²) in [4.78, 5) is 17.1. The van der Waals surface area contributed by atoms with Gasteiger partial charge in [-0.25, -0.2) is 4.98 Å². The molecule has 5 heteroatoms. The zero-order chi connectivity index (χ0) is 11.5. The number of aromatic nitrogens is 1. The van der Waals surface area contributed by atoms with Crippen LogP contribution in [0.5, 0.6) is 0 Å². The standard InChI is InChI=1S/C11H12N2O2S/c1-7-8(2)16-10(13-7)6-12-11(14)9-4-3-5-15-9/h3-5H,6H2,1-2H3,(H,12,14). The van der Waals surface area contributed by atoms with E-state index in [0.717, 1.165) is 10.7 Å². The van der Waals surface area contributed by atoms with Gasteiger partial charge in [0.05, 0.1) is 18.5 Å². The highest BCUT2D eigenvalue weighted by Crippen LogP contribution is 2.16. The monoisotopic (exact) mass is 236 g/mol. The molecule has 0 aliphatic heterocycles. The summed E-state index contributed by atoms with van der Waals surface area (Å²) in [5, 5.41) is 3.67. The predicted molar refractivity (Wildman–Crippen MR) is 61.5 cm³/mol. The minimum Gasteiger partial charge on any atom is -0.459 e. The molecule has 0 aromatic carbocycles. The van der Waals surface area contributed by atoms with E-state index in [0.29, 0.717) is 12.3 Å². The summed E-state index contributed by atoms with van der Waals surface area (Å²) in [6.45, 7) is 4.42. The number of amides is 1. The van der Waals surface area contributed by atoms with Crippen molar-refractivity contribution in [1.82, 2.24) is 10.3 Å². The van der Waals surface area contributed by atoms with Gasteiger partial charge in [-0.05, 0) is 26.0 Å². The van der Waals surface area contributed by atoms with Gasteiger partial charge in [0.2, 0.25) is 0 Å². The Morgan fingerprint density at radius 3 is 2.94 bits per heavy atom. The normalized spacial score (nSPS) is 10.4. The lowest BCUT2D eigenvalue weighted by atomic mass is 10.4. The average Bonchev–Trinajstić information content (AvgIpc) is 2.86. The van der Waals surface area contributed by atoms with Crippen LogP contribution in [0.15, 0.2) is 22.8 Å². The lowest BCUT2D eigenvalue weighted by Gasteiger charge is -1.99. The van der Waals surface area contributed by atoms with E-state index in [1.54, 1.807) is 23.5 Å². The summed E-state index contributed by atoms with van der Waals surface area (Å²) in [6.07, 6.45) is 1.48. The minimum atomic E-state index is -0.212. The number of nitrogens with zero attached hydrogens (tertiary/aromatic N) is 1. The first kappa shape index (κ1) is 10.9.